The smallest absolute Gasteiger partial charge is 0.287 e. The molecule has 1 aromatic rings. The molecule has 0 saturated heterocycles. The van der Waals surface area contributed by atoms with E-state index >= 15 is 0 Å². The van der Waals surface area contributed by atoms with Gasteiger partial charge in [-0.15, -0.1) is 0 Å². The van der Waals surface area contributed by atoms with Gasteiger partial charge in [-0.2, -0.15) is 0 Å². The van der Waals surface area contributed by atoms with E-state index in [1.807, 2.05) is 0 Å². The van der Waals surface area contributed by atoms with Crippen molar-refractivity contribution in [3.8, 4) is 5.75 Å². The van der Waals surface area contributed by atoms with Crippen LogP contribution in [0.5, 0.6) is 5.75 Å². The molecule has 3 nitrogen and oxygen atoms in total. The van der Waals surface area contributed by atoms with Crippen LogP contribution >= 0.6 is 0 Å². The summed E-state index contributed by atoms with van der Waals surface area (Å²) in [6, 6.07) is 1.59. The second-order valence-electron chi connectivity index (χ2n) is 4.17. The Morgan fingerprint density at radius 3 is 2.32 bits per heavy atom. The quantitative estimate of drug-likeness (QED) is 0.680. The number of hydrogen-bond acceptors (Lipinski definition) is 2. The third-order valence-electron chi connectivity index (χ3n) is 2.45. The van der Waals surface area contributed by atoms with Crippen LogP contribution in [0, 0.1) is 5.82 Å². The van der Waals surface area contributed by atoms with Gasteiger partial charge in [0.25, 0.3) is 12.3 Å². The molecule has 1 rings (SSSR count). The van der Waals surface area contributed by atoms with Crippen molar-refractivity contribution in [2.45, 2.75) is 32.6 Å². The summed E-state index contributed by atoms with van der Waals surface area (Å²) < 4.78 is 51.2. The van der Waals surface area contributed by atoms with Gasteiger partial charge in [0.2, 0.25) is 6.30 Å². The van der Waals surface area contributed by atoms with Crippen LogP contribution in [0.4, 0.5) is 17.6 Å². The Bertz CT molecular complexity index is 465. The van der Waals surface area contributed by atoms with Crippen molar-refractivity contribution in [3.63, 3.8) is 0 Å². The number of amides is 1. The molecule has 0 radical (unpaired) electrons. The maximum absolute atomic E-state index is 13.4. The number of alkyl halides is 3. The highest BCUT2D eigenvalue weighted by Gasteiger charge is 2.34. The van der Waals surface area contributed by atoms with Gasteiger partial charge in [0.15, 0.2) is 0 Å². The summed E-state index contributed by atoms with van der Waals surface area (Å²) >= 11 is 0. The maximum Gasteiger partial charge on any atom is 0.287 e. The standard InChI is InChI=1S/C12H13F4NO2/c1-6(2)17(11(16)10(14)15)12(19)8-5-7(13)3-4-9(8)18/h3-6,10-11,18H,1-2H3. The molecule has 0 aliphatic heterocycles. The zero-order valence-corrected chi connectivity index (χ0v) is 10.3. The van der Waals surface area contributed by atoms with Gasteiger partial charge in [-0.05, 0) is 32.0 Å². The number of halogens is 4. The summed E-state index contributed by atoms with van der Waals surface area (Å²) in [4.78, 5) is 12.2. The molecule has 0 aliphatic carbocycles. The van der Waals surface area contributed by atoms with Gasteiger partial charge < -0.3 is 10.0 Å². The SMILES string of the molecule is CC(C)N(C(=O)c1cc(F)ccc1O)C(F)C(F)F. The lowest BCUT2D eigenvalue weighted by Gasteiger charge is -2.29. The first-order valence-electron chi connectivity index (χ1n) is 5.49. The van der Waals surface area contributed by atoms with Gasteiger partial charge >= 0.3 is 0 Å². The van der Waals surface area contributed by atoms with Gasteiger partial charge in [-0.25, -0.2) is 17.6 Å². The molecule has 0 saturated carbocycles. The lowest BCUT2D eigenvalue weighted by molar-refractivity contribution is -0.0476. The maximum atomic E-state index is 13.4. The molecular formula is C12H13F4NO2. The number of carbonyl (C=O) groups is 1. The molecule has 0 fully saturated rings. The molecule has 1 aromatic carbocycles. The topological polar surface area (TPSA) is 40.5 Å². The number of hydrogen-bond donors (Lipinski definition) is 1. The van der Waals surface area contributed by atoms with E-state index < -0.39 is 41.8 Å². The molecule has 106 valence electrons. The van der Waals surface area contributed by atoms with Gasteiger partial charge in [-0.1, -0.05) is 0 Å². The molecule has 1 atom stereocenters. The van der Waals surface area contributed by atoms with Gasteiger partial charge in [0, 0.05) is 6.04 Å². The van der Waals surface area contributed by atoms with Crippen LogP contribution in [0.15, 0.2) is 18.2 Å². The molecule has 1 N–H and O–H groups in total. The highest BCUT2D eigenvalue weighted by molar-refractivity contribution is 5.97. The second-order valence-corrected chi connectivity index (χ2v) is 4.17. The average molecular weight is 279 g/mol. The lowest BCUT2D eigenvalue weighted by Crippen LogP contribution is -2.46. The fraction of sp³-hybridized carbons (Fsp3) is 0.417. The third kappa shape index (κ3) is 3.36. The Labute approximate surface area is 107 Å². The first kappa shape index (κ1) is 15.3. The van der Waals surface area contributed by atoms with E-state index in [4.69, 9.17) is 0 Å². The summed E-state index contributed by atoms with van der Waals surface area (Å²) in [7, 11) is 0. The van der Waals surface area contributed by atoms with Crippen LogP contribution in [0.1, 0.15) is 24.2 Å². The number of nitrogens with zero attached hydrogens (tertiary/aromatic N) is 1. The zero-order chi connectivity index (χ0) is 14.7. The van der Waals surface area contributed by atoms with Crippen molar-refractivity contribution < 1.29 is 27.5 Å². The number of phenols is 1. The zero-order valence-electron chi connectivity index (χ0n) is 10.3. The van der Waals surface area contributed by atoms with Crippen LogP contribution < -0.4 is 0 Å². The lowest BCUT2D eigenvalue weighted by atomic mass is 10.1. The summed E-state index contributed by atoms with van der Waals surface area (Å²) in [6.07, 6.45) is -6.21. The monoisotopic (exact) mass is 279 g/mol. The average Bonchev–Trinajstić information content (AvgIpc) is 2.31. The van der Waals surface area contributed by atoms with Crippen molar-refractivity contribution in [2.24, 2.45) is 0 Å². The number of phenolic OH excluding ortho intramolecular Hbond substituents is 1. The first-order chi connectivity index (χ1) is 8.75. The van der Waals surface area contributed by atoms with Crippen molar-refractivity contribution >= 4 is 5.91 Å². The molecule has 1 unspecified atom stereocenters. The highest BCUT2D eigenvalue weighted by atomic mass is 19.3. The normalized spacial score (nSPS) is 12.8. The summed E-state index contributed by atoms with van der Waals surface area (Å²) in [5.74, 6) is -2.63. The second kappa shape index (κ2) is 5.90. The largest absolute Gasteiger partial charge is 0.507 e. The van der Waals surface area contributed by atoms with E-state index in [2.05, 4.69) is 0 Å². The Morgan fingerprint density at radius 2 is 1.84 bits per heavy atom. The van der Waals surface area contributed by atoms with E-state index in [1.165, 1.54) is 13.8 Å². The molecule has 1 amide bonds. The van der Waals surface area contributed by atoms with Crippen molar-refractivity contribution in [2.75, 3.05) is 0 Å². The molecule has 19 heavy (non-hydrogen) atoms. The highest BCUT2D eigenvalue weighted by Crippen LogP contribution is 2.24. The minimum Gasteiger partial charge on any atom is -0.507 e. The van der Waals surface area contributed by atoms with E-state index in [-0.39, 0.29) is 4.90 Å². The van der Waals surface area contributed by atoms with E-state index in [1.54, 1.807) is 0 Å². The summed E-state index contributed by atoms with van der Waals surface area (Å²) in [6.45, 7) is 2.67. The fourth-order valence-electron chi connectivity index (χ4n) is 1.57. The van der Waals surface area contributed by atoms with Crippen LogP contribution in [0.25, 0.3) is 0 Å². The molecular weight excluding hydrogens is 266 g/mol. The first-order valence-corrected chi connectivity index (χ1v) is 5.49. The predicted octanol–water partition coefficient (Wildman–Crippen LogP) is 2.94. The van der Waals surface area contributed by atoms with Gasteiger partial charge in [0.05, 0.1) is 5.56 Å². The minimum atomic E-state index is -3.39. The number of rotatable bonds is 4. The van der Waals surface area contributed by atoms with E-state index in [9.17, 15) is 27.5 Å². The number of carbonyl (C=O) groups excluding carboxylic acids is 1. The summed E-state index contributed by atoms with van der Waals surface area (Å²) in [5, 5.41) is 9.43. The molecule has 0 spiro atoms. The molecule has 0 heterocycles. The van der Waals surface area contributed by atoms with Gasteiger partial charge in [-0.3, -0.25) is 4.79 Å². The minimum absolute atomic E-state index is 0.263. The third-order valence-corrected chi connectivity index (χ3v) is 2.45. The molecule has 7 heteroatoms. The Kier molecular flexibility index (Phi) is 4.74. The molecule has 0 aliphatic rings. The van der Waals surface area contributed by atoms with Crippen LogP contribution in [0.3, 0.4) is 0 Å². The molecule has 0 aromatic heterocycles. The van der Waals surface area contributed by atoms with Gasteiger partial charge in [0.1, 0.15) is 11.6 Å². The van der Waals surface area contributed by atoms with Crippen LogP contribution in [-0.4, -0.2) is 34.7 Å². The van der Waals surface area contributed by atoms with Crippen molar-refractivity contribution in [1.82, 2.24) is 4.90 Å². The Morgan fingerprint density at radius 1 is 1.26 bits per heavy atom. The Balaban J connectivity index is 3.16. The summed E-state index contributed by atoms with van der Waals surface area (Å²) in [5.41, 5.74) is -0.558. The van der Waals surface area contributed by atoms with E-state index in [0.29, 0.717) is 6.07 Å². The van der Waals surface area contributed by atoms with Crippen molar-refractivity contribution in [3.05, 3.63) is 29.6 Å². The fourth-order valence-corrected chi connectivity index (χ4v) is 1.57. The number of aromatic hydroxyl groups is 1. The van der Waals surface area contributed by atoms with Crippen molar-refractivity contribution in [1.29, 1.82) is 0 Å². The molecule has 0 bridgehead atoms. The number of benzene rings is 1. The van der Waals surface area contributed by atoms with Crippen LogP contribution in [0.2, 0.25) is 0 Å². The predicted molar refractivity (Wildman–Crippen MR) is 60.3 cm³/mol. The van der Waals surface area contributed by atoms with E-state index in [0.717, 1.165) is 12.1 Å². The Hall–Kier alpha value is -1.79. The van der Waals surface area contributed by atoms with Crippen LogP contribution in [-0.2, 0) is 0 Å².